The summed E-state index contributed by atoms with van der Waals surface area (Å²) in [6.45, 7) is 6.09. The van der Waals surface area contributed by atoms with E-state index in [2.05, 4.69) is 42.3 Å². The summed E-state index contributed by atoms with van der Waals surface area (Å²) in [7, 11) is 0. The van der Waals surface area contributed by atoms with Crippen LogP contribution >= 0.6 is 0 Å². The molecule has 0 bridgehead atoms. The smallest absolute Gasteiger partial charge is 0.179 e. The topological polar surface area (TPSA) is 98.3 Å². The molecule has 41 heavy (non-hydrogen) atoms. The molecule has 5 aromatic rings. The third-order valence-corrected chi connectivity index (χ3v) is 7.43. The minimum atomic E-state index is -0.497. The Morgan fingerprint density at radius 1 is 0.780 bits per heavy atom. The van der Waals surface area contributed by atoms with Crippen molar-refractivity contribution in [1.29, 1.82) is 0 Å². The van der Waals surface area contributed by atoms with Crippen LogP contribution in [0.4, 0.5) is 22.9 Å². The van der Waals surface area contributed by atoms with Crippen LogP contribution in [0, 0.1) is 20.8 Å². The van der Waals surface area contributed by atoms with Crippen molar-refractivity contribution >= 4 is 34.6 Å². The maximum Gasteiger partial charge on any atom is 0.179 e. The standard InChI is InChI=1S/C33H28N6O2/c1-19-15-20(2)17-22(16-19)34-31-33-36-32-29(21(3)37-39(32)23-9-5-4-6-10-23)30(25-14-13-24(40)18-28(25)41)38(33)27-12-8-7-11-26(27)35-31/h4-18,30,40-41H,1-3H3,(H,34,35). The van der Waals surface area contributed by atoms with Crippen LogP contribution in [0.5, 0.6) is 11.5 Å². The summed E-state index contributed by atoms with van der Waals surface area (Å²) in [6.07, 6.45) is 0. The highest BCUT2D eigenvalue weighted by Crippen LogP contribution is 2.50. The Bertz CT molecular complexity index is 1870. The van der Waals surface area contributed by atoms with Gasteiger partial charge in [0.15, 0.2) is 17.5 Å². The zero-order valence-electron chi connectivity index (χ0n) is 22.9. The van der Waals surface area contributed by atoms with Crippen LogP contribution in [0.15, 0.2) is 101 Å². The molecule has 7 rings (SSSR count). The number of nitrogens with one attached hydrogen (secondary N) is 1. The van der Waals surface area contributed by atoms with Crippen molar-refractivity contribution in [3.63, 3.8) is 0 Å². The first-order chi connectivity index (χ1) is 19.9. The van der Waals surface area contributed by atoms with Gasteiger partial charge in [-0.2, -0.15) is 5.10 Å². The van der Waals surface area contributed by atoms with E-state index in [-0.39, 0.29) is 11.5 Å². The number of phenolic OH excluding ortho intramolecular Hbond substituents is 2. The lowest BCUT2D eigenvalue weighted by Gasteiger charge is -2.40. The zero-order valence-corrected chi connectivity index (χ0v) is 22.9. The third kappa shape index (κ3) is 4.12. The number of hydrogen-bond acceptors (Lipinski definition) is 7. The highest BCUT2D eigenvalue weighted by Gasteiger charge is 2.42. The number of aromatic hydroxyl groups is 2. The predicted octanol–water partition coefficient (Wildman–Crippen LogP) is 7.00. The van der Waals surface area contributed by atoms with Crippen LogP contribution in [0.1, 0.15) is 34.0 Å². The molecule has 8 heteroatoms. The summed E-state index contributed by atoms with van der Waals surface area (Å²) < 4.78 is 1.84. The SMILES string of the molecule is Cc1cc(C)cc(NC2=Nc3ccccc3N3C2=Nc2c(c(C)nn2-c2ccccc2)C3c2ccc(O)cc2O)c1. The molecule has 1 atom stereocenters. The highest BCUT2D eigenvalue weighted by molar-refractivity contribution is 6.51. The lowest BCUT2D eigenvalue weighted by molar-refractivity contribution is 0.444. The van der Waals surface area contributed by atoms with Crippen molar-refractivity contribution in [2.45, 2.75) is 26.8 Å². The monoisotopic (exact) mass is 540 g/mol. The van der Waals surface area contributed by atoms with Crippen molar-refractivity contribution in [2.24, 2.45) is 9.98 Å². The molecule has 8 nitrogen and oxygen atoms in total. The minimum Gasteiger partial charge on any atom is -0.508 e. The Balaban J connectivity index is 1.51. The van der Waals surface area contributed by atoms with E-state index in [9.17, 15) is 10.2 Å². The number of phenols is 2. The Labute approximate surface area is 237 Å². The van der Waals surface area contributed by atoms with Crippen LogP contribution in [0.2, 0.25) is 0 Å². The predicted molar refractivity (Wildman–Crippen MR) is 163 cm³/mol. The molecule has 2 aliphatic heterocycles. The second kappa shape index (κ2) is 9.38. The molecule has 0 aliphatic carbocycles. The summed E-state index contributed by atoms with van der Waals surface area (Å²) in [4.78, 5) is 12.4. The van der Waals surface area contributed by atoms with Gasteiger partial charge in [-0.3, -0.25) is 0 Å². The number of fused-ring (bicyclic) bond motifs is 4. The second-order valence-electron chi connectivity index (χ2n) is 10.5. The number of hydrogen-bond donors (Lipinski definition) is 3. The number of benzene rings is 4. The fourth-order valence-electron chi connectivity index (χ4n) is 5.79. The summed E-state index contributed by atoms with van der Waals surface area (Å²) in [5, 5.41) is 29.8. The molecule has 0 saturated heterocycles. The number of aromatic nitrogens is 2. The molecule has 1 unspecified atom stereocenters. The quantitative estimate of drug-likeness (QED) is 0.229. The lowest BCUT2D eigenvalue weighted by Crippen LogP contribution is -2.46. The van der Waals surface area contributed by atoms with Gasteiger partial charge in [-0.25, -0.2) is 14.7 Å². The Morgan fingerprint density at radius 2 is 1.51 bits per heavy atom. The number of nitrogens with zero attached hydrogens (tertiary/aromatic N) is 5. The number of aliphatic imine (C=N–C) groups is 2. The number of para-hydroxylation sites is 3. The van der Waals surface area contributed by atoms with Crippen LogP contribution in [0.25, 0.3) is 5.69 Å². The van der Waals surface area contributed by atoms with Crippen LogP contribution in [-0.4, -0.2) is 31.7 Å². The van der Waals surface area contributed by atoms with Crippen molar-refractivity contribution in [3.8, 4) is 17.2 Å². The van der Waals surface area contributed by atoms with E-state index in [4.69, 9.17) is 15.1 Å². The first-order valence-corrected chi connectivity index (χ1v) is 13.5. The average Bonchev–Trinajstić information content (AvgIpc) is 3.28. The molecule has 1 aromatic heterocycles. The van der Waals surface area contributed by atoms with E-state index in [0.717, 1.165) is 45.1 Å². The van der Waals surface area contributed by atoms with Crippen molar-refractivity contribution in [2.75, 3.05) is 10.2 Å². The molecule has 202 valence electrons. The minimum absolute atomic E-state index is 0.00865. The molecule has 0 amide bonds. The van der Waals surface area contributed by atoms with E-state index in [1.807, 2.05) is 66.2 Å². The van der Waals surface area contributed by atoms with Gasteiger partial charge in [0.05, 0.1) is 28.8 Å². The Hall–Kier alpha value is -5.37. The van der Waals surface area contributed by atoms with Crippen molar-refractivity contribution in [1.82, 2.24) is 9.78 Å². The van der Waals surface area contributed by atoms with Gasteiger partial charge >= 0.3 is 0 Å². The summed E-state index contributed by atoms with van der Waals surface area (Å²) in [6, 6.07) is 28.3. The van der Waals surface area contributed by atoms with Gasteiger partial charge in [0, 0.05) is 22.9 Å². The number of aryl methyl sites for hydroxylation is 3. The fourth-order valence-corrected chi connectivity index (χ4v) is 5.79. The van der Waals surface area contributed by atoms with Gasteiger partial charge in [0.2, 0.25) is 0 Å². The molecule has 0 saturated carbocycles. The molecule has 0 radical (unpaired) electrons. The maximum absolute atomic E-state index is 11.2. The van der Waals surface area contributed by atoms with Gasteiger partial charge in [0.25, 0.3) is 0 Å². The number of amidine groups is 2. The van der Waals surface area contributed by atoms with E-state index in [1.165, 1.54) is 6.07 Å². The van der Waals surface area contributed by atoms with Crippen LogP contribution in [0.3, 0.4) is 0 Å². The molecule has 3 heterocycles. The van der Waals surface area contributed by atoms with E-state index in [1.54, 1.807) is 12.1 Å². The zero-order chi connectivity index (χ0) is 28.2. The van der Waals surface area contributed by atoms with Gasteiger partial charge in [0.1, 0.15) is 11.5 Å². The van der Waals surface area contributed by atoms with Crippen LogP contribution < -0.4 is 10.2 Å². The molecule has 0 fully saturated rings. The van der Waals surface area contributed by atoms with Crippen LogP contribution in [-0.2, 0) is 0 Å². The van der Waals surface area contributed by atoms with E-state index < -0.39 is 6.04 Å². The molecule has 3 N–H and O–H groups in total. The normalized spacial score (nSPS) is 15.4. The van der Waals surface area contributed by atoms with Gasteiger partial charge in [-0.05, 0) is 80.4 Å². The third-order valence-electron chi connectivity index (χ3n) is 7.43. The Morgan fingerprint density at radius 3 is 2.27 bits per heavy atom. The van der Waals surface area contributed by atoms with E-state index in [0.29, 0.717) is 23.1 Å². The number of anilines is 2. The summed E-state index contributed by atoms with van der Waals surface area (Å²) in [5.41, 5.74) is 7.96. The first-order valence-electron chi connectivity index (χ1n) is 13.5. The first kappa shape index (κ1) is 24.7. The van der Waals surface area contributed by atoms with E-state index >= 15 is 0 Å². The second-order valence-corrected chi connectivity index (χ2v) is 10.5. The van der Waals surface area contributed by atoms with Gasteiger partial charge < -0.3 is 20.4 Å². The van der Waals surface area contributed by atoms with Crippen molar-refractivity contribution < 1.29 is 10.2 Å². The molecule has 2 aliphatic rings. The highest BCUT2D eigenvalue weighted by atomic mass is 16.3. The van der Waals surface area contributed by atoms with Crippen molar-refractivity contribution in [3.05, 3.63) is 119 Å². The fraction of sp³-hybridized carbons (Fsp3) is 0.121. The Kier molecular flexibility index (Phi) is 5.64. The van der Waals surface area contributed by atoms with Gasteiger partial charge in [-0.1, -0.05) is 36.4 Å². The maximum atomic E-state index is 11.2. The summed E-state index contributed by atoms with van der Waals surface area (Å²) >= 11 is 0. The number of rotatable bonds is 3. The molecule has 0 spiro atoms. The largest absolute Gasteiger partial charge is 0.508 e. The van der Waals surface area contributed by atoms with Gasteiger partial charge in [-0.15, -0.1) is 0 Å². The summed E-state index contributed by atoms with van der Waals surface area (Å²) in [5.74, 6) is 1.82. The molecular weight excluding hydrogens is 512 g/mol. The molecule has 4 aromatic carbocycles. The lowest BCUT2D eigenvalue weighted by atomic mass is 9.92. The molecular formula is C33H28N6O2. The average molecular weight is 541 g/mol.